The molecule has 1 aromatic rings. The quantitative estimate of drug-likeness (QED) is 0.861. The smallest absolute Gasteiger partial charge is 0.261 e. The maximum absolute atomic E-state index is 11.6. The number of carbonyl (C=O) groups excluding carboxylic acids is 2. The predicted octanol–water partition coefficient (Wildman–Crippen LogP) is 1.49. The molecule has 2 heterocycles. The molecule has 4 nitrogen and oxygen atoms in total. The molecule has 1 aromatic heterocycles. The molecule has 2 N–H and O–H groups in total. The maximum Gasteiger partial charge on any atom is 0.261 e. The van der Waals surface area contributed by atoms with Gasteiger partial charge in [0.2, 0.25) is 5.91 Å². The van der Waals surface area contributed by atoms with Crippen molar-refractivity contribution in [3.8, 4) is 0 Å². The van der Waals surface area contributed by atoms with E-state index in [1.807, 2.05) is 23.2 Å². The summed E-state index contributed by atoms with van der Waals surface area (Å²) in [6, 6.07) is 3.56. The molecule has 6 heteroatoms. The predicted molar refractivity (Wildman–Crippen MR) is 75.1 cm³/mol. The molecule has 1 saturated heterocycles. The van der Waals surface area contributed by atoms with Crippen molar-refractivity contribution in [2.24, 2.45) is 0 Å². The van der Waals surface area contributed by atoms with Gasteiger partial charge in [0.25, 0.3) is 5.91 Å². The van der Waals surface area contributed by atoms with Crippen molar-refractivity contribution in [3.05, 3.63) is 22.4 Å². The fourth-order valence-electron chi connectivity index (χ4n) is 1.75. The lowest BCUT2D eigenvalue weighted by molar-refractivity contribution is -0.120. The van der Waals surface area contributed by atoms with Crippen LogP contribution in [0.3, 0.4) is 0 Å². The Hall–Kier alpha value is -1.01. The van der Waals surface area contributed by atoms with Crippen molar-refractivity contribution in [2.45, 2.75) is 18.1 Å². The average molecular weight is 284 g/mol. The summed E-state index contributed by atoms with van der Waals surface area (Å²) in [4.78, 5) is 23.8. The van der Waals surface area contributed by atoms with Gasteiger partial charge in [0.15, 0.2) is 0 Å². The van der Waals surface area contributed by atoms with Gasteiger partial charge in [-0.15, -0.1) is 11.3 Å². The summed E-state index contributed by atoms with van der Waals surface area (Å²) in [5.74, 6) is 0.887. The Morgan fingerprint density at radius 3 is 2.94 bits per heavy atom. The van der Waals surface area contributed by atoms with E-state index >= 15 is 0 Å². The number of thioether (sulfide) groups is 1. The normalized spacial score (nSPS) is 18.6. The average Bonchev–Trinajstić information content (AvgIpc) is 3.05. The molecular formula is C12H16N2O2S2. The lowest BCUT2D eigenvalue weighted by atomic mass is 10.2. The monoisotopic (exact) mass is 284 g/mol. The van der Waals surface area contributed by atoms with Gasteiger partial charge in [-0.2, -0.15) is 11.8 Å². The van der Waals surface area contributed by atoms with Crippen LogP contribution in [0.2, 0.25) is 0 Å². The van der Waals surface area contributed by atoms with Gasteiger partial charge in [-0.1, -0.05) is 6.07 Å². The van der Waals surface area contributed by atoms with E-state index in [2.05, 4.69) is 10.6 Å². The molecule has 2 amide bonds. The third kappa shape index (κ3) is 4.03. The van der Waals surface area contributed by atoms with Gasteiger partial charge >= 0.3 is 0 Å². The second-order valence-electron chi connectivity index (χ2n) is 4.10. The zero-order valence-electron chi connectivity index (χ0n) is 9.98. The first-order valence-corrected chi connectivity index (χ1v) is 7.88. The molecule has 18 heavy (non-hydrogen) atoms. The second kappa shape index (κ2) is 6.80. The fourth-order valence-corrected chi connectivity index (χ4v) is 3.59. The van der Waals surface area contributed by atoms with Gasteiger partial charge in [0.05, 0.1) is 11.4 Å². The summed E-state index contributed by atoms with van der Waals surface area (Å²) in [6.07, 6.45) is 2.41. The summed E-state index contributed by atoms with van der Waals surface area (Å²) in [6.45, 7) is 0.756. The Labute approximate surface area is 115 Å². The van der Waals surface area contributed by atoms with Crippen molar-refractivity contribution >= 4 is 34.9 Å². The first-order chi connectivity index (χ1) is 8.75. The van der Waals surface area contributed by atoms with Gasteiger partial charge in [-0.05, 0) is 30.0 Å². The maximum atomic E-state index is 11.6. The van der Waals surface area contributed by atoms with Crippen LogP contribution >= 0.6 is 23.1 Å². The SMILES string of the molecule is O=C(CNC(=O)c1cccs1)NCC1CCCS1. The van der Waals surface area contributed by atoms with E-state index in [4.69, 9.17) is 0 Å². The van der Waals surface area contributed by atoms with E-state index in [1.165, 1.54) is 29.9 Å². The highest BCUT2D eigenvalue weighted by Crippen LogP contribution is 2.25. The van der Waals surface area contributed by atoms with Gasteiger partial charge in [0, 0.05) is 11.8 Å². The van der Waals surface area contributed by atoms with Crippen LogP contribution in [0.1, 0.15) is 22.5 Å². The van der Waals surface area contributed by atoms with Crippen molar-refractivity contribution < 1.29 is 9.59 Å². The van der Waals surface area contributed by atoms with Crippen LogP contribution in [0.25, 0.3) is 0 Å². The molecule has 0 spiro atoms. The number of thiophene rings is 1. The third-order valence-corrected chi connectivity index (χ3v) is 4.97. The topological polar surface area (TPSA) is 58.2 Å². The zero-order valence-corrected chi connectivity index (χ0v) is 11.6. The highest BCUT2D eigenvalue weighted by molar-refractivity contribution is 8.00. The lowest BCUT2D eigenvalue weighted by Gasteiger charge is -2.10. The molecule has 0 aliphatic carbocycles. The molecule has 0 radical (unpaired) electrons. The molecular weight excluding hydrogens is 268 g/mol. The first kappa shape index (κ1) is 13.4. The Morgan fingerprint density at radius 1 is 1.39 bits per heavy atom. The molecule has 1 aliphatic heterocycles. The number of hydrogen-bond donors (Lipinski definition) is 2. The van der Waals surface area contributed by atoms with Crippen LogP contribution in [0.5, 0.6) is 0 Å². The van der Waals surface area contributed by atoms with Crippen molar-refractivity contribution in [3.63, 3.8) is 0 Å². The van der Waals surface area contributed by atoms with E-state index in [-0.39, 0.29) is 18.4 Å². The van der Waals surface area contributed by atoms with Crippen LogP contribution in [0, 0.1) is 0 Å². The zero-order chi connectivity index (χ0) is 12.8. The molecule has 98 valence electrons. The summed E-state index contributed by atoms with van der Waals surface area (Å²) in [5.41, 5.74) is 0. The molecule has 2 rings (SSSR count). The molecule has 1 atom stereocenters. The third-order valence-electron chi connectivity index (χ3n) is 2.71. The molecule has 1 fully saturated rings. The number of nitrogens with one attached hydrogen (secondary N) is 2. The number of amides is 2. The Kier molecular flexibility index (Phi) is 5.07. The van der Waals surface area contributed by atoms with Gasteiger partial charge < -0.3 is 10.6 Å². The standard InChI is InChI=1S/C12H16N2O2S2/c15-11(13-7-9-3-1-5-17-9)8-14-12(16)10-4-2-6-18-10/h2,4,6,9H,1,3,5,7-8H2,(H,13,15)(H,14,16). The highest BCUT2D eigenvalue weighted by atomic mass is 32.2. The minimum atomic E-state index is -0.185. The Bertz CT molecular complexity index is 400. The van der Waals surface area contributed by atoms with Gasteiger partial charge in [0.1, 0.15) is 0 Å². The van der Waals surface area contributed by atoms with Crippen molar-refractivity contribution in [1.82, 2.24) is 10.6 Å². The van der Waals surface area contributed by atoms with Gasteiger partial charge in [-0.3, -0.25) is 9.59 Å². The Balaban J connectivity index is 1.63. The van der Waals surface area contributed by atoms with E-state index in [0.717, 1.165) is 0 Å². The molecule has 0 bridgehead atoms. The number of rotatable bonds is 5. The van der Waals surface area contributed by atoms with E-state index in [1.54, 1.807) is 6.07 Å². The minimum Gasteiger partial charge on any atom is -0.353 e. The number of carbonyl (C=O) groups is 2. The van der Waals surface area contributed by atoms with Crippen LogP contribution < -0.4 is 10.6 Å². The van der Waals surface area contributed by atoms with Crippen LogP contribution in [-0.4, -0.2) is 35.9 Å². The summed E-state index contributed by atoms with van der Waals surface area (Å²) < 4.78 is 0. The van der Waals surface area contributed by atoms with Crippen LogP contribution in [-0.2, 0) is 4.79 Å². The van der Waals surface area contributed by atoms with E-state index in [9.17, 15) is 9.59 Å². The van der Waals surface area contributed by atoms with E-state index in [0.29, 0.717) is 16.7 Å². The largest absolute Gasteiger partial charge is 0.353 e. The van der Waals surface area contributed by atoms with Crippen LogP contribution in [0.15, 0.2) is 17.5 Å². The molecule has 1 aliphatic rings. The molecule has 0 saturated carbocycles. The van der Waals surface area contributed by atoms with E-state index < -0.39 is 0 Å². The summed E-state index contributed by atoms with van der Waals surface area (Å²) in [7, 11) is 0. The molecule has 0 aromatic carbocycles. The first-order valence-electron chi connectivity index (χ1n) is 5.95. The summed E-state index contributed by atoms with van der Waals surface area (Å²) in [5, 5.41) is 7.85. The van der Waals surface area contributed by atoms with Crippen molar-refractivity contribution in [2.75, 3.05) is 18.8 Å². The lowest BCUT2D eigenvalue weighted by Crippen LogP contribution is -2.39. The highest BCUT2D eigenvalue weighted by Gasteiger charge is 2.16. The Morgan fingerprint density at radius 2 is 2.28 bits per heavy atom. The summed E-state index contributed by atoms with van der Waals surface area (Å²) >= 11 is 3.28. The minimum absolute atomic E-state index is 0.0497. The fraction of sp³-hybridized carbons (Fsp3) is 0.500. The second-order valence-corrected chi connectivity index (χ2v) is 6.46. The van der Waals surface area contributed by atoms with Crippen molar-refractivity contribution in [1.29, 1.82) is 0 Å². The van der Waals surface area contributed by atoms with Crippen LogP contribution in [0.4, 0.5) is 0 Å². The van der Waals surface area contributed by atoms with Gasteiger partial charge in [-0.25, -0.2) is 0 Å². The number of hydrogen-bond acceptors (Lipinski definition) is 4. The molecule has 1 unspecified atom stereocenters.